The Morgan fingerprint density at radius 2 is 2.00 bits per heavy atom. The molecule has 1 saturated carbocycles. The lowest BCUT2D eigenvalue weighted by Gasteiger charge is -2.41. The zero-order valence-electron chi connectivity index (χ0n) is 18.8. The maximum atomic E-state index is 14.5. The topological polar surface area (TPSA) is 71.4 Å². The van der Waals surface area contributed by atoms with Crippen LogP contribution in [0.1, 0.15) is 53.6 Å². The summed E-state index contributed by atoms with van der Waals surface area (Å²) in [5.41, 5.74) is 8.92. The van der Waals surface area contributed by atoms with Gasteiger partial charge in [0, 0.05) is 29.7 Å². The van der Waals surface area contributed by atoms with Crippen molar-refractivity contribution < 1.29 is 18.3 Å². The van der Waals surface area contributed by atoms with Gasteiger partial charge in [0.25, 0.3) is 5.91 Å². The number of fused-ring (bicyclic) bond motifs is 2. The molecule has 5 rings (SSSR count). The first-order valence-electron chi connectivity index (χ1n) is 11.5. The lowest BCUT2D eigenvalue weighted by atomic mass is 9.90. The number of nitrogens with two attached hydrogens (primary N) is 1. The minimum absolute atomic E-state index is 0. The summed E-state index contributed by atoms with van der Waals surface area (Å²) in [4.78, 5) is 17.2. The molecule has 0 radical (unpaired) electrons. The Labute approximate surface area is 203 Å². The average molecular weight is 488 g/mol. The number of H-pyrrole nitrogens is 1. The van der Waals surface area contributed by atoms with Gasteiger partial charge in [-0.3, -0.25) is 4.79 Å². The molecule has 1 fully saturated rings. The molecule has 180 valence electrons. The van der Waals surface area contributed by atoms with E-state index in [1.807, 2.05) is 6.20 Å². The van der Waals surface area contributed by atoms with E-state index in [1.165, 1.54) is 24.6 Å². The summed E-state index contributed by atoms with van der Waals surface area (Å²) in [6, 6.07) is 7.87. The van der Waals surface area contributed by atoms with E-state index in [-0.39, 0.29) is 41.7 Å². The first kappa shape index (κ1) is 24.1. The van der Waals surface area contributed by atoms with Gasteiger partial charge in [-0.25, -0.2) is 8.78 Å². The monoisotopic (exact) mass is 487 g/mol. The number of halogens is 3. The van der Waals surface area contributed by atoms with Gasteiger partial charge in [-0.15, -0.1) is 12.4 Å². The molecule has 3 aromatic rings. The Balaban J connectivity index is 0.00000274. The van der Waals surface area contributed by atoms with Gasteiger partial charge >= 0.3 is 0 Å². The van der Waals surface area contributed by atoms with Crippen molar-refractivity contribution in [1.82, 2.24) is 9.88 Å². The number of aromatic amines is 1. The summed E-state index contributed by atoms with van der Waals surface area (Å²) < 4.78 is 34.0. The molecular formula is C26H28ClF2N3O2. The number of nitrogens with zero attached hydrogens (tertiary/aromatic N) is 1. The zero-order valence-corrected chi connectivity index (χ0v) is 19.6. The highest BCUT2D eigenvalue weighted by molar-refractivity contribution is 5.97. The Hall–Kier alpha value is -3.06. The summed E-state index contributed by atoms with van der Waals surface area (Å²) in [5.74, 6) is -1.05. The van der Waals surface area contributed by atoms with Crippen molar-refractivity contribution in [1.29, 1.82) is 0 Å². The summed E-state index contributed by atoms with van der Waals surface area (Å²) in [6.07, 6.45) is 9.93. The van der Waals surface area contributed by atoms with Crippen molar-refractivity contribution in [3.63, 3.8) is 0 Å². The molecule has 1 aliphatic heterocycles. The quantitative estimate of drug-likeness (QED) is 0.407. The average Bonchev–Trinajstić information content (AvgIpc) is 3.16. The first-order valence-corrected chi connectivity index (χ1v) is 11.5. The molecule has 1 amide bonds. The van der Waals surface area contributed by atoms with Gasteiger partial charge in [-0.2, -0.15) is 0 Å². The van der Waals surface area contributed by atoms with Crippen LogP contribution in [0.15, 0.2) is 42.2 Å². The van der Waals surface area contributed by atoms with Crippen LogP contribution in [0.3, 0.4) is 0 Å². The van der Waals surface area contributed by atoms with E-state index >= 15 is 0 Å². The van der Waals surface area contributed by atoms with Gasteiger partial charge in [0.1, 0.15) is 24.0 Å². The second-order valence-corrected chi connectivity index (χ2v) is 8.87. The predicted octanol–water partition coefficient (Wildman–Crippen LogP) is 5.58. The van der Waals surface area contributed by atoms with Crippen LogP contribution in [-0.4, -0.2) is 35.0 Å². The number of benzene rings is 2. The molecule has 1 aromatic heterocycles. The van der Waals surface area contributed by atoms with Gasteiger partial charge in [0.15, 0.2) is 0 Å². The van der Waals surface area contributed by atoms with Gasteiger partial charge in [-0.1, -0.05) is 0 Å². The number of carbonyl (C=O) groups is 1. The summed E-state index contributed by atoms with van der Waals surface area (Å²) in [7, 11) is 0. The van der Waals surface area contributed by atoms with Crippen LogP contribution in [0.2, 0.25) is 0 Å². The normalized spacial score (nSPS) is 15.1. The summed E-state index contributed by atoms with van der Waals surface area (Å²) in [6.45, 7) is 1.12. The van der Waals surface area contributed by atoms with Crippen LogP contribution in [0.5, 0.6) is 5.75 Å². The Morgan fingerprint density at radius 3 is 2.74 bits per heavy atom. The van der Waals surface area contributed by atoms with Crippen molar-refractivity contribution in [2.24, 2.45) is 5.73 Å². The van der Waals surface area contributed by atoms with Crippen molar-refractivity contribution in [2.45, 2.75) is 44.6 Å². The smallest absolute Gasteiger partial charge is 0.252 e. The molecular weight excluding hydrogens is 460 g/mol. The minimum Gasteiger partial charge on any atom is -0.486 e. The van der Waals surface area contributed by atoms with E-state index in [4.69, 9.17) is 10.5 Å². The Bertz CT molecular complexity index is 1240. The van der Waals surface area contributed by atoms with E-state index in [2.05, 4.69) is 9.88 Å². The number of aryl methyl sites for hydroxylation is 1. The molecule has 0 unspecified atom stereocenters. The molecule has 5 nitrogen and oxygen atoms in total. The molecule has 34 heavy (non-hydrogen) atoms. The lowest BCUT2D eigenvalue weighted by molar-refractivity contribution is 0.0994. The van der Waals surface area contributed by atoms with Crippen molar-refractivity contribution in [3.05, 3.63) is 70.6 Å². The third-order valence-corrected chi connectivity index (χ3v) is 6.79. The van der Waals surface area contributed by atoms with E-state index < -0.39 is 11.7 Å². The minimum atomic E-state index is -0.629. The van der Waals surface area contributed by atoms with Crippen LogP contribution in [0.25, 0.3) is 17.0 Å². The number of rotatable bonds is 8. The van der Waals surface area contributed by atoms with Crippen molar-refractivity contribution in [3.8, 4) is 5.75 Å². The fraction of sp³-hybridized carbons (Fsp3) is 0.346. The molecule has 2 heterocycles. The van der Waals surface area contributed by atoms with Crippen LogP contribution < -0.4 is 10.5 Å². The molecule has 8 heteroatoms. The number of nitrogens with one attached hydrogen (secondary N) is 1. The lowest BCUT2D eigenvalue weighted by Crippen LogP contribution is -2.42. The molecule has 0 atom stereocenters. The van der Waals surface area contributed by atoms with Gasteiger partial charge in [0.05, 0.1) is 16.8 Å². The van der Waals surface area contributed by atoms with Crippen molar-refractivity contribution in [2.75, 3.05) is 13.2 Å². The van der Waals surface area contributed by atoms with E-state index in [0.717, 1.165) is 60.8 Å². The fourth-order valence-electron chi connectivity index (χ4n) is 4.79. The highest BCUT2D eigenvalue weighted by Gasteiger charge is 2.30. The van der Waals surface area contributed by atoms with E-state index in [9.17, 15) is 13.6 Å². The molecule has 0 bridgehead atoms. The van der Waals surface area contributed by atoms with Gasteiger partial charge < -0.3 is 20.4 Å². The number of unbranched alkanes of at least 4 members (excludes halogenated alkanes) is 1. The Kier molecular flexibility index (Phi) is 7.12. The molecule has 1 aliphatic carbocycles. The number of carbonyl (C=O) groups excluding carboxylic acids is 1. The number of amides is 1. The third-order valence-electron chi connectivity index (χ3n) is 6.79. The second kappa shape index (κ2) is 10.1. The maximum absolute atomic E-state index is 14.5. The zero-order chi connectivity index (χ0) is 22.9. The number of primary amides is 1. The van der Waals surface area contributed by atoms with E-state index in [1.54, 1.807) is 18.2 Å². The standard InChI is InChI=1S/C26H27F2N3O2.ClH/c27-17-7-10-24-21(12-17)16(14-30-24)4-1-2-11-31(18-5-3-6-18)19-13-22-23(28)9-8-20(26(29)32)25(22)33-15-19;/h7-10,12-14,18,30H,1-6,11,15H2,(H2,29,32);1H. The predicted molar refractivity (Wildman–Crippen MR) is 131 cm³/mol. The van der Waals surface area contributed by atoms with Crippen LogP contribution in [0.4, 0.5) is 8.78 Å². The highest BCUT2D eigenvalue weighted by Crippen LogP contribution is 2.36. The SMILES string of the molecule is Cl.NC(=O)c1ccc(F)c2c1OCC(N(CCCCc1c[nH]c3ccc(F)cc13)C1CCC1)=C2. The van der Waals surface area contributed by atoms with Crippen LogP contribution in [-0.2, 0) is 6.42 Å². The molecule has 3 N–H and O–H groups in total. The first-order chi connectivity index (χ1) is 16.0. The van der Waals surface area contributed by atoms with Gasteiger partial charge in [-0.05, 0) is 80.5 Å². The van der Waals surface area contributed by atoms with Crippen molar-refractivity contribution >= 4 is 35.3 Å². The van der Waals surface area contributed by atoms with E-state index in [0.29, 0.717) is 6.04 Å². The fourth-order valence-corrected chi connectivity index (χ4v) is 4.79. The highest BCUT2D eigenvalue weighted by atomic mass is 35.5. The summed E-state index contributed by atoms with van der Waals surface area (Å²) >= 11 is 0. The van der Waals surface area contributed by atoms with Crippen LogP contribution in [0, 0.1) is 11.6 Å². The van der Waals surface area contributed by atoms with Crippen LogP contribution >= 0.6 is 12.4 Å². The Morgan fingerprint density at radius 1 is 1.18 bits per heavy atom. The molecule has 0 saturated heterocycles. The molecule has 2 aliphatic rings. The maximum Gasteiger partial charge on any atom is 0.252 e. The number of ether oxygens (including phenoxy) is 1. The van der Waals surface area contributed by atoms with Gasteiger partial charge in [0.2, 0.25) is 0 Å². The summed E-state index contributed by atoms with van der Waals surface area (Å²) in [5, 5.41) is 0.937. The third kappa shape index (κ3) is 4.62. The largest absolute Gasteiger partial charge is 0.486 e. The molecule has 0 spiro atoms. The second-order valence-electron chi connectivity index (χ2n) is 8.87. The number of hydrogen-bond acceptors (Lipinski definition) is 3. The number of hydrogen-bond donors (Lipinski definition) is 2. The number of aromatic nitrogens is 1. The molecule has 2 aromatic carbocycles.